The molecule has 3 nitrogen and oxygen atoms in total. The summed E-state index contributed by atoms with van der Waals surface area (Å²) in [6.45, 7) is 1.09. The molecule has 1 atom stereocenters. The van der Waals surface area contributed by atoms with E-state index in [2.05, 4.69) is 4.74 Å². The number of phenols is 1. The molecule has 0 aromatic heterocycles. The molecule has 1 unspecified atom stereocenters. The lowest BCUT2D eigenvalue weighted by Gasteiger charge is -2.17. The third-order valence-corrected chi connectivity index (χ3v) is 1.96. The van der Waals surface area contributed by atoms with Crippen molar-refractivity contribution in [2.45, 2.75) is 12.6 Å². The maximum absolute atomic E-state index is 13.8. The summed E-state index contributed by atoms with van der Waals surface area (Å²) in [5, 5.41) is 9.11. The Morgan fingerprint density at radius 1 is 1.57 bits per heavy atom. The molecular weight excluding hydrogens is 187 g/mol. The molecule has 76 valence electrons. The smallest absolute Gasteiger partial charge is 0.348 e. The van der Waals surface area contributed by atoms with Gasteiger partial charge in [0.1, 0.15) is 5.75 Å². The fraction of sp³-hybridized carbons (Fsp3) is 0.300. The number of carbonyl (C=O) groups is 1. The predicted octanol–water partition coefficient (Wildman–Crippen LogP) is 1.75. The van der Waals surface area contributed by atoms with E-state index in [0.717, 1.165) is 14.0 Å². The van der Waals surface area contributed by atoms with Crippen LogP contribution in [-0.4, -0.2) is 18.2 Å². The molecule has 0 spiro atoms. The Bertz CT molecular complexity index is 347. The fourth-order valence-electron chi connectivity index (χ4n) is 1.11. The van der Waals surface area contributed by atoms with Gasteiger partial charge in [0.15, 0.2) is 0 Å². The van der Waals surface area contributed by atoms with Crippen molar-refractivity contribution in [3.05, 3.63) is 29.8 Å². The van der Waals surface area contributed by atoms with Gasteiger partial charge in [-0.15, -0.1) is 0 Å². The first-order chi connectivity index (χ1) is 6.48. The summed E-state index contributed by atoms with van der Waals surface area (Å²) in [6, 6.07) is 5.47. The van der Waals surface area contributed by atoms with Crippen LogP contribution in [0.2, 0.25) is 0 Å². The van der Waals surface area contributed by atoms with Crippen molar-refractivity contribution in [2.24, 2.45) is 0 Å². The van der Waals surface area contributed by atoms with Crippen LogP contribution in [0.5, 0.6) is 5.75 Å². The molecular formula is C10H11FO3. The Morgan fingerprint density at radius 2 is 2.21 bits per heavy atom. The molecule has 4 heteroatoms. The van der Waals surface area contributed by atoms with E-state index < -0.39 is 11.6 Å². The van der Waals surface area contributed by atoms with Gasteiger partial charge in [-0.1, -0.05) is 12.1 Å². The van der Waals surface area contributed by atoms with Gasteiger partial charge in [-0.3, -0.25) is 0 Å². The summed E-state index contributed by atoms with van der Waals surface area (Å²) in [6.07, 6.45) is 0. The van der Waals surface area contributed by atoms with E-state index in [1.165, 1.54) is 24.3 Å². The normalized spacial score (nSPS) is 14.5. The number of aromatic hydroxyl groups is 1. The van der Waals surface area contributed by atoms with Crippen LogP contribution in [0.15, 0.2) is 24.3 Å². The van der Waals surface area contributed by atoms with Gasteiger partial charge in [-0.05, 0) is 19.1 Å². The third-order valence-electron chi connectivity index (χ3n) is 1.96. The lowest BCUT2D eigenvalue weighted by Crippen LogP contribution is -2.28. The molecule has 0 aliphatic carbocycles. The highest BCUT2D eigenvalue weighted by molar-refractivity contribution is 5.80. The molecule has 0 bridgehead atoms. The second kappa shape index (κ2) is 3.65. The van der Waals surface area contributed by atoms with Crippen molar-refractivity contribution in [1.82, 2.24) is 0 Å². The number of phenolic OH excluding ortho intramolecular Hbond substituents is 1. The molecule has 1 N–H and O–H groups in total. The van der Waals surface area contributed by atoms with Gasteiger partial charge in [0, 0.05) is 5.56 Å². The average molecular weight is 198 g/mol. The number of carbonyl (C=O) groups excluding carboxylic acids is 1. The zero-order chi connectivity index (χ0) is 10.8. The van der Waals surface area contributed by atoms with Gasteiger partial charge in [0.25, 0.3) is 0 Å². The first-order valence-electron chi connectivity index (χ1n) is 4.05. The van der Waals surface area contributed by atoms with E-state index in [0.29, 0.717) is 0 Å². The van der Waals surface area contributed by atoms with Crippen molar-refractivity contribution in [2.75, 3.05) is 7.11 Å². The van der Waals surface area contributed by atoms with Gasteiger partial charge in [0.05, 0.1) is 7.11 Å². The van der Waals surface area contributed by atoms with E-state index >= 15 is 0 Å². The molecule has 0 radical (unpaired) electrons. The highest BCUT2D eigenvalue weighted by atomic mass is 19.1. The zero-order valence-electron chi connectivity index (χ0n) is 7.95. The van der Waals surface area contributed by atoms with Gasteiger partial charge in [-0.25, -0.2) is 9.18 Å². The van der Waals surface area contributed by atoms with Crippen molar-refractivity contribution < 1.29 is 19.0 Å². The quantitative estimate of drug-likeness (QED) is 0.736. The van der Waals surface area contributed by atoms with Crippen LogP contribution in [0, 0.1) is 0 Å². The van der Waals surface area contributed by atoms with E-state index in [-0.39, 0.29) is 11.3 Å². The van der Waals surface area contributed by atoms with Crippen molar-refractivity contribution in [3.63, 3.8) is 0 Å². The number of halogens is 1. The predicted molar refractivity (Wildman–Crippen MR) is 48.6 cm³/mol. The number of benzene rings is 1. The molecule has 0 heterocycles. The Labute approximate surface area is 81.1 Å². The van der Waals surface area contributed by atoms with Gasteiger partial charge in [0.2, 0.25) is 5.67 Å². The van der Waals surface area contributed by atoms with Gasteiger partial charge in [-0.2, -0.15) is 0 Å². The second-order valence-corrected chi connectivity index (χ2v) is 3.04. The standard InChI is InChI=1S/C10H11FO3/c1-10(11,9(13)14-2)7-4-3-5-8(12)6-7/h3-6,12H,1-2H3. The molecule has 0 amide bonds. The Kier molecular flexibility index (Phi) is 2.74. The number of ether oxygens (including phenoxy) is 1. The lowest BCUT2D eigenvalue weighted by atomic mass is 9.98. The Morgan fingerprint density at radius 3 is 2.71 bits per heavy atom. The summed E-state index contributed by atoms with van der Waals surface area (Å²) >= 11 is 0. The SMILES string of the molecule is COC(=O)C(C)(F)c1cccc(O)c1. The molecule has 0 aliphatic heterocycles. The Hall–Kier alpha value is -1.58. The van der Waals surface area contributed by atoms with Crippen molar-refractivity contribution >= 4 is 5.97 Å². The number of esters is 1. The molecule has 0 saturated heterocycles. The topological polar surface area (TPSA) is 46.5 Å². The van der Waals surface area contributed by atoms with E-state index in [1.54, 1.807) is 0 Å². The minimum atomic E-state index is -2.23. The third kappa shape index (κ3) is 1.84. The Balaban J connectivity index is 3.09. The summed E-state index contributed by atoms with van der Waals surface area (Å²) in [4.78, 5) is 11.1. The number of hydrogen-bond donors (Lipinski definition) is 1. The maximum atomic E-state index is 13.8. The number of methoxy groups -OCH3 is 1. The highest BCUT2D eigenvalue weighted by Gasteiger charge is 2.36. The van der Waals surface area contributed by atoms with Crippen LogP contribution in [0.3, 0.4) is 0 Å². The minimum absolute atomic E-state index is 0.0735. The average Bonchev–Trinajstić information content (AvgIpc) is 2.16. The summed E-state index contributed by atoms with van der Waals surface area (Å²) in [7, 11) is 1.11. The van der Waals surface area contributed by atoms with E-state index in [1.807, 2.05) is 0 Å². The summed E-state index contributed by atoms with van der Waals surface area (Å²) in [5.41, 5.74) is -2.16. The molecule has 1 rings (SSSR count). The first kappa shape index (κ1) is 10.5. The first-order valence-corrected chi connectivity index (χ1v) is 4.05. The molecule has 1 aromatic carbocycles. The monoisotopic (exact) mass is 198 g/mol. The van der Waals surface area contributed by atoms with Crippen LogP contribution in [0.4, 0.5) is 4.39 Å². The molecule has 14 heavy (non-hydrogen) atoms. The van der Waals surface area contributed by atoms with E-state index in [9.17, 15) is 9.18 Å². The second-order valence-electron chi connectivity index (χ2n) is 3.04. The van der Waals surface area contributed by atoms with Crippen molar-refractivity contribution in [3.8, 4) is 5.75 Å². The summed E-state index contributed by atoms with van der Waals surface area (Å²) < 4.78 is 18.1. The van der Waals surface area contributed by atoms with Crippen LogP contribution >= 0.6 is 0 Å². The lowest BCUT2D eigenvalue weighted by molar-refractivity contribution is -0.154. The largest absolute Gasteiger partial charge is 0.508 e. The van der Waals surface area contributed by atoms with Crippen LogP contribution in [0.25, 0.3) is 0 Å². The van der Waals surface area contributed by atoms with Crippen molar-refractivity contribution in [1.29, 1.82) is 0 Å². The number of rotatable bonds is 2. The minimum Gasteiger partial charge on any atom is -0.508 e. The van der Waals surface area contributed by atoms with Crippen LogP contribution in [0.1, 0.15) is 12.5 Å². The zero-order valence-corrected chi connectivity index (χ0v) is 7.95. The van der Waals surface area contributed by atoms with Gasteiger partial charge >= 0.3 is 5.97 Å². The highest BCUT2D eigenvalue weighted by Crippen LogP contribution is 2.28. The fourth-order valence-corrected chi connectivity index (χ4v) is 1.11. The van der Waals surface area contributed by atoms with Gasteiger partial charge < -0.3 is 9.84 Å². The molecule has 1 aromatic rings. The van der Waals surface area contributed by atoms with Crippen LogP contribution in [-0.2, 0) is 15.2 Å². The number of hydrogen-bond acceptors (Lipinski definition) is 3. The number of alkyl halides is 1. The van der Waals surface area contributed by atoms with E-state index in [4.69, 9.17) is 5.11 Å². The van der Waals surface area contributed by atoms with Crippen LogP contribution < -0.4 is 0 Å². The molecule has 0 aliphatic rings. The maximum Gasteiger partial charge on any atom is 0.348 e. The molecule has 0 saturated carbocycles. The summed E-state index contributed by atoms with van der Waals surface area (Å²) in [5.74, 6) is -1.07. The molecule has 0 fully saturated rings.